The van der Waals surface area contributed by atoms with Crippen LogP contribution >= 0.6 is 0 Å². The first kappa shape index (κ1) is 19.8. The Hall–Kier alpha value is -1.55. The van der Waals surface area contributed by atoms with Crippen molar-refractivity contribution in [2.45, 2.75) is 70.8 Å². The summed E-state index contributed by atoms with van der Waals surface area (Å²) in [5.41, 5.74) is 7.22. The van der Waals surface area contributed by atoms with E-state index in [1.54, 1.807) is 0 Å². The SMILES string of the molecule is CC(C)(OC(N)=O)C(CCc1cccc(CCO)c1)C1CCCCC1. The Balaban J connectivity index is 2.09. The molecule has 0 spiro atoms. The maximum Gasteiger partial charge on any atom is 0.405 e. The zero-order valence-corrected chi connectivity index (χ0v) is 15.7. The molecule has 4 heteroatoms. The highest BCUT2D eigenvalue weighted by molar-refractivity contribution is 5.65. The van der Waals surface area contributed by atoms with Gasteiger partial charge in [-0.2, -0.15) is 0 Å². The van der Waals surface area contributed by atoms with E-state index in [9.17, 15) is 4.79 Å². The molecule has 4 nitrogen and oxygen atoms in total. The van der Waals surface area contributed by atoms with E-state index in [0.717, 1.165) is 12.8 Å². The molecular formula is C21H33NO3. The first-order valence-electron chi connectivity index (χ1n) is 9.59. The van der Waals surface area contributed by atoms with E-state index in [1.165, 1.54) is 43.2 Å². The van der Waals surface area contributed by atoms with Crippen LogP contribution in [0.4, 0.5) is 4.79 Å². The molecule has 0 aromatic heterocycles. The van der Waals surface area contributed by atoms with Crippen LogP contribution in [0.1, 0.15) is 63.5 Å². The van der Waals surface area contributed by atoms with Crippen LogP contribution in [0.5, 0.6) is 0 Å². The number of primary amides is 1. The lowest BCUT2D eigenvalue weighted by molar-refractivity contribution is -0.0331. The van der Waals surface area contributed by atoms with Crippen LogP contribution in [-0.2, 0) is 17.6 Å². The molecule has 1 aromatic carbocycles. The van der Waals surface area contributed by atoms with Gasteiger partial charge in [-0.25, -0.2) is 4.79 Å². The second-order valence-electron chi connectivity index (χ2n) is 7.86. The number of ether oxygens (including phenoxy) is 1. The van der Waals surface area contributed by atoms with E-state index in [4.69, 9.17) is 15.6 Å². The Kier molecular flexibility index (Phi) is 7.30. The Morgan fingerprint density at radius 2 is 1.88 bits per heavy atom. The summed E-state index contributed by atoms with van der Waals surface area (Å²) in [6.07, 6.45) is 8.19. The van der Waals surface area contributed by atoms with E-state index < -0.39 is 11.7 Å². The minimum absolute atomic E-state index is 0.174. The highest BCUT2D eigenvalue weighted by Crippen LogP contribution is 2.40. The number of hydrogen-bond donors (Lipinski definition) is 2. The second kappa shape index (κ2) is 9.23. The maximum atomic E-state index is 11.4. The zero-order valence-electron chi connectivity index (χ0n) is 15.7. The first-order chi connectivity index (χ1) is 11.9. The molecular weight excluding hydrogens is 314 g/mol. The standard InChI is InChI=1S/C21H33NO3/c1-21(2,25-20(22)24)19(18-9-4-3-5-10-18)12-11-16-7-6-8-17(15-16)13-14-23/h6-8,15,18-19,23H,3-5,9-14H2,1-2H3,(H2,22,24). The highest BCUT2D eigenvalue weighted by Gasteiger charge is 2.38. The van der Waals surface area contributed by atoms with E-state index in [2.05, 4.69) is 24.3 Å². The summed E-state index contributed by atoms with van der Waals surface area (Å²) in [7, 11) is 0. The number of aryl methyl sites for hydroxylation is 1. The molecule has 1 saturated carbocycles. The molecule has 1 aromatic rings. The van der Waals surface area contributed by atoms with Crippen molar-refractivity contribution in [1.82, 2.24) is 0 Å². The summed E-state index contributed by atoms with van der Waals surface area (Å²) in [5, 5.41) is 9.13. The summed E-state index contributed by atoms with van der Waals surface area (Å²) in [5.74, 6) is 0.894. The number of rotatable bonds is 8. The molecule has 0 heterocycles. The van der Waals surface area contributed by atoms with Crippen molar-refractivity contribution in [2.24, 2.45) is 17.6 Å². The van der Waals surface area contributed by atoms with Crippen molar-refractivity contribution in [3.8, 4) is 0 Å². The van der Waals surface area contributed by atoms with Gasteiger partial charge in [0, 0.05) is 12.5 Å². The molecule has 0 saturated heterocycles. The smallest absolute Gasteiger partial charge is 0.405 e. The van der Waals surface area contributed by atoms with Crippen LogP contribution in [0.15, 0.2) is 24.3 Å². The molecule has 1 amide bonds. The minimum atomic E-state index is -0.684. The molecule has 1 fully saturated rings. The number of benzene rings is 1. The van der Waals surface area contributed by atoms with Gasteiger partial charge in [0.1, 0.15) is 5.60 Å². The summed E-state index contributed by atoms with van der Waals surface area (Å²) in [4.78, 5) is 11.4. The lowest BCUT2D eigenvalue weighted by Crippen LogP contribution is -2.43. The molecule has 140 valence electrons. The van der Waals surface area contributed by atoms with Gasteiger partial charge in [-0.15, -0.1) is 0 Å². The van der Waals surface area contributed by atoms with Crippen LogP contribution in [0, 0.1) is 11.8 Å². The summed E-state index contributed by atoms with van der Waals surface area (Å²) >= 11 is 0. The highest BCUT2D eigenvalue weighted by atomic mass is 16.6. The van der Waals surface area contributed by atoms with Gasteiger partial charge >= 0.3 is 6.09 Å². The fourth-order valence-electron chi connectivity index (χ4n) is 4.41. The molecule has 2 rings (SSSR count). The predicted molar refractivity (Wildman–Crippen MR) is 100 cm³/mol. The molecule has 3 N–H and O–H groups in total. The van der Waals surface area contributed by atoms with Crippen LogP contribution in [-0.4, -0.2) is 23.4 Å². The third-order valence-corrected chi connectivity index (χ3v) is 5.61. The molecule has 1 atom stereocenters. The van der Waals surface area contributed by atoms with Gasteiger partial charge in [-0.05, 0) is 50.2 Å². The fraction of sp³-hybridized carbons (Fsp3) is 0.667. The lowest BCUT2D eigenvalue weighted by atomic mass is 9.70. The second-order valence-corrected chi connectivity index (χ2v) is 7.86. The van der Waals surface area contributed by atoms with Gasteiger partial charge in [-0.1, -0.05) is 56.4 Å². The van der Waals surface area contributed by atoms with Crippen molar-refractivity contribution < 1.29 is 14.6 Å². The summed E-state index contributed by atoms with van der Waals surface area (Å²) < 4.78 is 5.51. The van der Waals surface area contributed by atoms with Crippen LogP contribution < -0.4 is 5.73 Å². The molecule has 25 heavy (non-hydrogen) atoms. The molecule has 1 unspecified atom stereocenters. The minimum Gasteiger partial charge on any atom is -0.443 e. The monoisotopic (exact) mass is 347 g/mol. The summed E-state index contributed by atoms with van der Waals surface area (Å²) in [6.45, 7) is 4.17. The molecule has 1 aliphatic rings. The van der Waals surface area contributed by atoms with Gasteiger partial charge in [0.15, 0.2) is 0 Å². The number of aliphatic hydroxyl groups excluding tert-OH is 1. The fourth-order valence-corrected chi connectivity index (χ4v) is 4.41. The lowest BCUT2D eigenvalue weighted by Gasteiger charge is -2.40. The van der Waals surface area contributed by atoms with E-state index in [1.807, 2.05) is 13.8 Å². The van der Waals surface area contributed by atoms with Crippen molar-refractivity contribution in [3.05, 3.63) is 35.4 Å². The van der Waals surface area contributed by atoms with E-state index >= 15 is 0 Å². The average molecular weight is 347 g/mol. The van der Waals surface area contributed by atoms with Gasteiger partial charge < -0.3 is 15.6 Å². The Labute approximate surface area is 151 Å². The van der Waals surface area contributed by atoms with Gasteiger partial charge in [0.05, 0.1) is 0 Å². The average Bonchev–Trinajstić information content (AvgIpc) is 2.55. The van der Waals surface area contributed by atoms with Gasteiger partial charge in [0.2, 0.25) is 0 Å². The Morgan fingerprint density at radius 1 is 1.24 bits per heavy atom. The largest absolute Gasteiger partial charge is 0.443 e. The molecule has 0 bridgehead atoms. The van der Waals surface area contributed by atoms with Crippen molar-refractivity contribution >= 4 is 6.09 Å². The van der Waals surface area contributed by atoms with Crippen LogP contribution in [0.25, 0.3) is 0 Å². The number of carbonyl (C=O) groups is 1. The van der Waals surface area contributed by atoms with E-state index in [-0.39, 0.29) is 6.61 Å². The normalized spacial score (nSPS) is 17.2. The third kappa shape index (κ3) is 6.03. The molecule has 0 radical (unpaired) electrons. The zero-order chi connectivity index (χ0) is 18.3. The van der Waals surface area contributed by atoms with Crippen molar-refractivity contribution in [2.75, 3.05) is 6.61 Å². The van der Waals surface area contributed by atoms with Crippen molar-refractivity contribution in [3.63, 3.8) is 0 Å². The predicted octanol–water partition coefficient (Wildman–Crippen LogP) is 4.22. The van der Waals surface area contributed by atoms with E-state index in [0.29, 0.717) is 18.3 Å². The number of hydrogen-bond acceptors (Lipinski definition) is 3. The van der Waals surface area contributed by atoms with Gasteiger partial charge in [0.25, 0.3) is 0 Å². The molecule has 0 aliphatic heterocycles. The molecule has 1 aliphatic carbocycles. The topological polar surface area (TPSA) is 72.5 Å². The first-order valence-corrected chi connectivity index (χ1v) is 9.59. The van der Waals surface area contributed by atoms with Crippen LogP contribution in [0.2, 0.25) is 0 Å². The number of carbonyl (C=O) groups excluding carboxylic acids is 1. The summed E-state index contributed by atoms with van der Waals surface area (Å²) in [6, 6.07) is 8.43. The number of aliphatic hydroxyl groups is 1. The Morgan fingerprint density at radius 3 is 2.48 bits per heavy atom. The maximum absolute atomic E-state index is 11.4. The Bertz CT molecular complexity index is 550. The third-order valence-electron chi connectivity index (χ3n) is 5.61. The van der Waals surface area contributed by atoms with Crippen LogP contribution in [0.3, 0.4) is 0 Å². The number of amides is 1. The quantitative estimate of drug-likeness (QED) is 0.739. The van der Waals surface area contributed by atoms with Gasteiger partial charge in [-0.3, -0.25) is 0 Å². The number of nitrogens with two attached hydrogens (primary N) is 1. The van der Waals surface area contributed by atoms with Crippen molar-refractivity contribution in [1.29, 1.82) is 0 Å².